The number of carbonyl (C=O) groups excluding carboxylic acids is 2. The molecular weight excluding hydrogens is 336 g/mol. The number of amides is 2. The van der Waals surface area contributed by atoms with Gasteiger partial charge in [-0.15, -0.1) is 0 Å². The van der Waals surface area contributed by atoms with Gasteiger partial charge in [-0.3, -0.25) is 9.59 Å². The fourth-order valence-corrected chi connectivity index (χ4v) is 3.94. The highest BCUT2D eigenvalue weighted by Gasteiger charge is 2.31. The summed E-state index contributed by atoms with van der Waals surface area (Å²) in [5, 5.41) is 2.98. The van der Waals surface area contributed by atoms with E-state index < -0.39 is 6.04 Å². The lowest BCUT2D eigenvalue weighted by Gasteiger charge is -2.37. The van der Waals surface area contributed by atoms with Crippen molar-refractivity contribution in [3.63, 3.8) is 0 Å². The van der Waals surface area contributed by atoms with Gasteiger partial charge in [-0.1, -0.05) is 62.4 Å². The zero-order valence-corrected chi connectivity index (χ0v) is 16.1. The van der Waals surface area contributed by atoms with Crippen LogP contribution < -0.4 is 5.32 Å². The summed E-state index contributed by atoms with van der Waals surface area (Å²) < 4.78 is 0. The third-order valence-corrected chi connectivity index (χ3v) is 5.10. The highest BCUT2D eigenvalue weighted by molar-refractivity contribution is 5.97. The topological polar surface area (TPSA) is 49.4 Å². The van der Waals surface area contributed by atoms with Gasteiger partial charge in [0.25, 0.3) is 5.91 Å². The van der Waals surface area contributed by atoms with Crippen molar-refractivity contribution in [3.05, 3.63) is 71.8 Å². The normalized spacial score (nSPS) is 20.7. The molecule has 3 atom stereocenters. The Morgan fingerprint density at radius 3 is 2.11 bits per heavy atom. The molecule has 2 amide bonds. The van der Waals surface area contributed by atoms with E-state index in [2.05, 4.69) is 19.2 Å². The van der Waals surface area contributed by atoms with Crippen molar-refractivity contribution >= 4 is 11.8 Å². The van der Waals surface area contributed by atoms with Crippen LogP contribution in [0.3, 0.4) is 0 Å². The van der Waals surface area contributed by atoms with Gasteiger partial charge in [0.15, 0.2) is 0 Å². The van der Waals surface area contributed by atoms with Crippen LogP contribution in [0.4, 0.5) is 0 Å². The first kappa shape index (κ1) is 19.2. The van der Waals surface area contributed by atoms with Gasteiger partial charge >= 0.3 is 0 Å². The highest BCUT2D eigenvalue weighted by atomic mass is 16.2. The molecule has 1 aliphatic rings. The Balaban J connectivity index is 1.78. The molecule has 142 valence electrons. The first-order chi connectivity index (χ1) is 13.0. The zero-order chi connectivity index (χ0) is 19.2. The molecule has 2 aromatic carbocycles. The van der Waals surface area contributed by atoms with Gasteiger partial charge < -0.3 is 10.2 Å². The molecular formula is C23H28N2O2. The first-order valence-corrected chi connectivity index (χ1v) is 9.71. The van der Waals surface area contributed by atoms with E-state index in [9.17, 15) is 9.59 Å². The van der Waals surface area contributed by atoms with E-state index in [0.29, 0.717) is 23.8 Å². The molecule has 3 rings (SSSR count). The average molecular weight is 364 g/mol. The fraction of sp³-hybridized carbons (Fsp3) is 0.391. The van der Waals surface area contributed by atoms with Crippen LogP contribution in [-0.4, -0.2) is 35.8 Å². The molecule has 0 aliphatic carbocycles. The molecule has 0 saturated carbocycles. The Morgan fingerprint density at radius 1 is 0.963 bits per heavy atom. The van der Waals surface area contributed by atoms with E-state index in [4.69, 9.17) is 0 Å². The Morgan fingerprint density at radius 2 is 1.52 bits per heavy atom. The van der Waals surface area contributed by atoms with Crippen molar-refractivity contribution in [2.75, 3.05) is 13.1 Å². The molecule has 4 heteroatoms. The second kappa shape index (κ2) is 8.85. The molecule has 27 heavy (non-hydrogen) atoms. The highest BCUT2D eigenvalue weighted by Crippen LogP contribution is 2.22. The standard InChI is InChI=1S/C23H28N2O2/c1-17-13-18(2)16-25(15-17)23(27)21(14-19-9-5-3-6-10-19)24-22(26)20-11-7-4-8-12-20/h3-12,17-18,21H,13-16H2,1-2H3,(H,24,26)/t17-,18-,21+/m0/s1. The van der Waals surface area contributed by atoms with Crippen molar-refractivity contribution in [1.82, 2.24) is 10.2 Å². The lowest BCUT2D eigenvalue weighted by molar-refractivity contribution is -0.135. The number of nitrogens with zero attached hydrogens (tertiary/aromatic N) is 1. The van der Waals surface area contributed by atoms with Gasteiger partial charge in [-0.2, -0.15) is 0 Å². The molecule has 1 N–H and O–H groups in total. The summed E-state index contributed by atoms with van der Waals surface area (Å²) in [5.74, 6) is 0.782. The van der Waals surface area contributed by atoms with Crippen LogP contribution in [0.1, 0.15) is 36.2 Å². The number of hydrogen-bond acceptors (Lipinski definition) is 2. The van der Waals surface area contributed by atoms with Gasteiger partial charge in [0, 0.05) is 25.1 Å². The van der Waals surface area contributed by atoms with Crippen molar-refractivity contribution in [1.29, 1.82) is 0 Å². The van der Waals surface area contributed by atoms with Gasteiger partial charge in [0.1, 0.15) is 6.04 Å². The lowest BCUT2D eigenvalue weighted by Crippen LogP contribution is -2.53. The maximum Gasteiger partial charge on any atom is 0.251 e. The van der Waals surface area contributed by atoms with E-state index in [0.717, 1.165) is 25.1 Å². The molecule has 0 aromatic heterocycles. The summed E-state index contributed by atoms with van der Waals surface area (Å²) in [6.45, 7) is 5.89. The first-order valence-electron chi connectivity index (χ1n) is 9.71. The minimum absolute atomic E-state index is 0.0153. The van der Waals surface area contributed by atoms with Crippen LogP contribution in [0.25, 0.3) is 0 Å². The number of nitrogens with one attached hydrogen (secondary N) is 1. The zero-order valence-electron chi connectivity index (χ0n) is 16.1. The number of rotatable bonds is 5. The van der Waals surface area contributed by atoms with E-state index in [-0.39, 0.29) is 11.8 Å². The van der Waals surface area contributed by atoms with Crippen LogP contribution in [-0.2, 0) is 11.2 Å². The Bertz CT molecular complexity index is 750. The molecule has 2 aromatic rings. The summed E-state index contributed by atoms with van der Waals surface area (Å²) in [6, 6.07) is 18.4. The molecule has 1 fully saturated rings. The maximum atomic E-state index is 13.3. The SMILES string of the molecule is C[C@H]1C[C@H](C)CN(C(=O)[C@@H](Cc2ccccc2)NC(=O)c2ccccc2)C1. The molecule has 0 spiro atoms. The third-order valence-electron chi connectivity index (χ3n) is 5.10. The van der Waals surface area contributed by atoms with Gasteiger partial charge in [0.2, 0.25) is 5.91 Å². The second-order valence-corrected chi connectivity index (χ2v) is 7.77. The third kappa shape index (κ3) is 5.19. The summed E-state index contributed by atoms with van der Waals surface area (Å²) in [6.07, 6.45) is 1.64. The average Bonchev–Trinajstić information content (AvgIpc) is 2.67. The maximum absolute atomic E-state index is 13.3. The van der Waals surface area contributed by atoms with Crippen molar-refractivity contribution in [2.45, 2.75) is 32.7 Å². The van der Waals surface area contributed by atoms with Crippen LogP contribution in [0.2, 0.25) is 0 Å². The summed E-state index contributed by atoms with van der Waals surface area (Å²) >= 11 is 0. The Labute approximate surface area is 161 Å². The predicted molar refractivity (Wildman–Crippen MR) is 107 cm³/mol. The van der Waals surface area contributed by atoms with Crippen molar-refractivity contribution in [3.8, 4) is 0 Å². The fourth-order valence-electron chi connectivity index (χ4n) is 3.94. The monoisotopic (exact) mass is 364 g/mol. The van der Waals surface area contributed by atoms with Gasteiger partial charge in [-0.05, 0) is 36.0 Å². The summed E-state index contributed by atoms with van der Waals surface area (Å²) in [5.41, 5.74) is 1.62. The number of piperidine rings is 1. The number of carbonyl (C=O) groups is 2. The quantitative estimate of drug-likeness (QED) is 0.882. The Kier molecular flexibility index (Phi) is 6.28. The molecule has 1 aliphatic heterocycles. The Hall–Kier alpha value is -2.62. The predicted octanol–water partition coefficient (Wildman–Crippen LogP) is 3.53. The summed E-state index contributed by atoms with van der Waals surface area (Å²) in [4.78, 5) is 27.9. The van der Waals surface area contributed by atoms with Gasteiger partial charge in [0.05, 0.1) is 0 Å². The summed E-state index contributed by atoms with van der Waals surface area (Å²) in [7, 11) is 0. The smallest absolute Gasteiger partial charge is 0.251 e. The van der Waals surface area contributed by atoms with Crippen LogP contribution >= 0.6 is 0 Å². The number of hydrogen-bond donors (Lipinski definition) is 1. The van der Waals surface area contributed by atoms with Crippen LogP contribution in [0.5, 0.6) is 0 Å². The molecule has 4 nitrogen and oxygen atoms in total. The largest absolute Gasteiger partial charge is 0.340 e. The van der Waals surface area contributed by atoms with Crippen LogP contribution in [0, 0.1) is 11.8 Å². The molecule has 0 bridgehead atoms. The molecule has 0 unspecified atom stereocenters. The molecule has 0 radical (unpaired) electrons. The van der Waals surface area contributed by atoms with Crippen molar-refractivity contribution in [2.24, 2.45) is 11.8 Å². The van der Waals surface area contributed by atoms with E-state index in [1.54, 1.807) is 12.1 Å². The van der Waals surface area contributed by atoms with Gasteiger partial charge in [-0.25, -0.2) is 0 Å². The van der Waals surface area contributed by atoms with E-state index >= 15 is 0 Å². The van der Waals surface area contributed by atoms with E-state index in [1.165, 1.54) is 0 Å². The van der Waals surface area contributed by atoms with Crippen LogP contribution in [0.15, 0.2) is 60.7 Å². The number of benzene rings is 2. The van der Waals surface area contributed by atoms with Crippen molar-refractivity contribution < 1.29 is 9.59 Å². The minimum Gasteiger partial charge on any atom is -0.340 e. The second-order valence-electron chi connectivity index (χ2n) is 7.77. The molecule has 1 heterocycles. The number of likely N-dealkylation sites (tertiary alicyclic amines) is 1. The van der Waals surface area contributed by atoms with E-state index in [1.807, 2.05) is 53.4 Å². The lowest BCUT2D eigenvalue weighted by atomic mass is 9.91. The molecule has 1 saturated heterocycles. The minimum atomic E-state index is -0.558.